The third kappa shape index (κ3) is 2.00. The van der Waals surface area contributed by atoms with Gasteiger partial charge in [-0.15, -0.1) is 0 Å². The molecule has 0 aliphatic rings. The number of carbonyl (C=O) groups is 1. The van der Waals surface area contributed by atoms with Crippen molar-refractivity contribution in [2.75, 3.05) is 0 Å². The van der Waals surface area contributed by atoms with E-state index in [-0.39, 0.29) is 5.56 Å². The van der Waals surface area contributed by atoms with Crippen LogP contribution in [0.4, 0.5) is 8.78 Å². The Morgan fingerprint density at radius 1 is 1.41 bits per heavy atom. The molecule has 0 spiro atoms. The second-order valence-electron chi connectivity index (χ2n) is 3.83. The molecule has 0 aliphatic heterocycles. The van der Waals surface area contributed by atoms with E-state index in [1.54, 1.807) is 24.3 Å². The highest BCUT2D eigenvalue weighted by Crippen LogP contribution is 2.38. The van der Waals surface area contributed by atoms with Crippen molar-refractivity contribution in [3.05, 3.63) is 35.6 Å². The SMILES string of the molecule is Cc1c(C(F)(F)CC(=O)O)oc2ccccc12. The van der Waals surface area contributed by atoms with E-state index in [0.29, 0.717) is 11.0 Å². The molecule has 0 aliphatic carbocycles. The quantitative estimate of drug-likeness (QED) is 0.895. The first kappa shape index (κ1) is 11.6. The van der Waals surface area contributed by atoms with Gasteiger partial charge < -0.3 is 9.52 Å². The van der Waals surface area contributed by atoms with Crippen LogP contribution in [0, 0.1) is 6.92 Å². The molecule has 0 amide bonds. The van der Waals surface area contributed by atoms with Gasteiger partial charge in [-0.2, -0.15) is 8.78 Å². The maximum Gasteiger partial charge on any atom is 0.315 e. The number of para-hydroxylation sites is 1. The van der Waals surface area contributed by atoms with E-state index in [1.807, 2.05) is 0 Å². The Bertz CT molecular complexity index is 572. The zero-order chi connectivity index (χ0) is 12.6. The molecule has 17 heavy (non-hydrogen) atoms. The third-order valence-corrected chi connectivity index (χ3v) is 2.55. The Hall–Kier alpha value is -1.91. The summed E-state index contributed by atoms with van der Waals surface area (Å²) < 4.78 is 32.3. The highest BCUT2D eigenvalue weighted by molar-refractivity contribution is 5.82. The van der Waals surface area contributed by atoms with Crippen LogP contribution in [0.15, 0.2) is 28.7 Å². The molecule has 5 heteroatoms. The number of halogens is 2. The van der Waals surface area contributed by atoms with E-state index in [0.717, 1.165) is 0 Å². The van der Waals surface area contributed by atoms with E-state index in [9.17, 15) is 13.6 Å². The Morgan fingerprint density at radius 3 is 2.65 bits per heavy atom. The van der Waals surface area contributed by atoms with Crippen LogP contribution in [0.1, 0.15) is 17.7 Å². The van der Waals surface area contributed by atoms with Crippen molar-refractivity contribution in [1.29, 1.82) is 0 Å². The zero-order valence-corrected chi connectivity index (χ0v) is 9.04. The fraction of sp³-hybridized carbons (Fsp3) is 0.250. The second-order valence-corrected chi connectivity index (χ2v) is 3.83. The van der Waals surface area contributed by atoms with E-state index in [1.165, 1.54) is 6.92 Å². The van der Waals surface area contributed by atoms with Gasteiger partial charge in [-0.1, -0.05) is 18.2 Å². The molecule has 2 aromatic rings. The molecular formula is C12H10F2O3. The molecule has 1 aromatic heterocycles. The van der Waals surface area contributed by atoms with Gasteiger partial charge in [0, 0.05) is 10.9 Å². The lowest BCUT2D eigenvalue weighted by Gasteiger charge is -2.11. The number of rotatable bonds is 3. The third-order valence-electron chi connectivity index (χ3n) is 2.55. The Balaban J connectivity index is 2.55. The van der Waals surface area contributed by atoms with Crippen LogP contribution < -0.4 is 0 Å². The largest absolute Gasteiger partial charge is 0.481 e. The van der Waals surface area contributed by atoms with Crippen molar-refractivity contribution in [3.8, 4) is 0 Å². The van der Waals surface area contributed by atoms with Gasteiger partial charge in [0.15, 0.2) is 5.76 Å². The smallest absolute Gasteiger partial charge is 0.315 e. The molecule has 1 aromatic carbocycles. The summed E-state index contributed by atoms with van der Waals surface area (Å²) in [6.07, 6.45) is -1.27. The highest BCUT2D eigenvalue weighted by atomic mass is 19.3. The van der Waals surface area contributed by atoms with Gasteiger partial charge in [-0.05, 0) is 13.0 Å². The molecule has 0 unspecified atom stereocenters. The van der Waals surface area contributed by atoms with Gasteiger partial charge in [0.25, 0.3) is 0 Å². The first-order chi connectivity index (χ1) is 7.92. The van der Waals surface area contributed by atoms with Crippen LogP contribution in [0.3, 0.4) is 0 Å². The Labute approximate surface area is 95.7 Å². The molecule has 1 N–H and O–H groups in total. The van der Waals surface area contributed by atoms with Crippen LogP contribution in [-0.2, 0) is 10.7 Å². The number of aliphatic carboxylic acids is 1. The number of furan rings is 1. The summed E-state index contributed by atoms with van der Waals surface area (Å²) in [6.45, 7) is 1.50. The molecule has 0 bridgehead atoms. The van der Waals surface area contributed by atoms with Crippen LogP contribution in [0.5, 0.6) is 0 Å². The van der Waals surface area contributed by atoms with Crippen molar-refractivity contribution in [2.45, 2.75) is 19.3 Å². The van der Waals surface area contributed by atoms with Crippen LogP contribution in [0.25, 0.3) is 11.0 Å². The fourth-order valence-electron chi connectivity index (χ4n) is 1.79. The van der Waals surface area contributed by atoms with Gasteiger partial charge in [-0.25, -0.2) is 0 Å². The molecule has 1 heterocycles. The summed E-state index contributed by atoms with van der Waals surface area (Å²) in [7, 11) is 0. The normalized spacial score (nSPS) is 11.9. The number of fused-ring (bicyclic) bond motifs is 1. The maximum atomic E-state index is 13.6. The van der Waals surface area contributed by atoms with Gasteiger partial charge in [-0.3, -0.25) is 4.79 Å². The lowest BCUT2D eigenvalue weighted by atomic mass is 10.1. The Kier molecular flexibility index (Phi) is 2.61. The molecule has 90 valence electrons. The van der Waals surface area contributed by atoms with Gasteiger partial charge in [0.1, 0.15) is 12.0 Å². The molecular weight excluding hydrogens is 230 g/mol. The molecule has 3 nitrogen and oxygen atoms in total. The number of hydrogen-bond donors (Lipinski definition) is 1. The predicted molar refractivity (Wildman–Crippen MR) is 57.1 cm³/mol. The monoisotopic (exact) mass is 240 g/mol. The average Bonchev–Trinajstić information content (AvgIpc) is 2.56. The number of hydrogen-bond acceptors (Lipinski definition) is 2. The first-order valence-electron chi connectivity index (χ1n) is 5.00. The number of benzene rings is 1. The Morgan fingerprint density at radius 2 is 2.06 bits per heavy atom. The maximum absolute atomic E-state index is 13.6. The predicted octanol–water partition coefficient (Wildman–Crippen LogP) is 3.31. The van der Waals surface area contributed by atoms with Gasteiger partial charge in [0.05, 0.1) is 0 Å². The molecule has 0 saturated heterocycles. The van der Waals surface area contributed by atoms with Crippen LogP contribution in [0.2, 0.25) is 0 Å². The van der Waals surface area contributed by atoms with Crippen LogP contribution >= 0.6 is 0 Å². The molecule has 0 saturated carbocycles. The second kappa shape index (κ2) is 3.84. The van der Waals surface area contributed by atoms with Gasteiger partial charge in [0.2, 0.25) is 0 Å². The van der Waals surface area contributed by atoms with Gasteiger partial charge >= 0.3 is 11.9 Å². The van der Waals surface area contributed by atoms with E-state index >= 15 is 0 Å². The van der Waals surface area contributed by atoms with Crippen molar-refractivity contribution in [1.82, 2.24) is 0 Å². The minimum Gasteiger partial charge on any atom is -0.481 e. The highest BCUT2D eigenvalue weighted by Gasteiger charge is 2.40. The van der Waals surface area contributed by atoms with E-state index < -0.39 is 24.1 Å². The first-order valence-corrected chi connectivity index (χ1v) is 5.00. The minimum atomic E-state index is -3.49. The average molecular weight is 240 g/mol. The zero-order valence-electron chi connectivity index (χ0n) is 9.04. The number of carboxylic acids is 1. The lowest BCUT2D eigenvalue weighted by molar-refractivity contribution is -0.146. The molecule has 2 rings (SSSR count). The fourth-order valence-corrected chi connectivity index (χ4v) is 1.79. The molecule has 0 fully saturated rings. The summed E-state index contributed by atoms with van der Waals surface area (Å²) in [6, 6.07) is 6.62. The topological polar surface area (TPSA) is 50.4 Å². The van der Waals surface area contributed by atoms with Crippen molar-refractivity contribution in [2.24, 2.45) is 0 Å². The minimum absolute atomic E-state index is 0.284. The lowest BCUT2D eigenvalue weighted by Crippen LogP contribution is -2.18. The van der Waals surface area contributed by atoms with Crippen LogP contribution in [-0.4, -0.2) is 11.1 Å². The van der Waals surface area contributed by atoms with Crippen molar-refractivity contribution >= 4 is 16.9 Å². The molecule has 0 atom stereocenters. The van der Waals surface area contributed by atoms with Crippen molar-refractivity contribution in [3.63, 3.8) is 0 Å². The summed E-state index contributed by atoms with van der Waals surface area (Å²) in [4.78, 5) is 10.4. The number of alkyl halides is 2. The number of aryl methyl sites for hydroxylation is 1. The standard InChI is InChI=1S/C12H10F2O3/c1-7-8-4-2-3-5-9(8)17-11(7)12(13,14)6-10(15)16/h2-5H,6H2,1H3,(H,15,16). The van der Waals surface area contributed by atoms with Crippen molar-refractivity contribution < 1.29 is 23.1 Å². The summed E-state index contributed by atoms with van der Waals surface area (Å²) in [5.41, 5.74) is 0.622. The number of carboxylic acid groups (broad SMARTS) is 1. The summed E-state index contributed by atoms with van der Waals surface area (Å²) in [5.74, 6) is -5.62. The summed E-state index contributed by atoms with van der Waals surface area (Å²) >= 11 is 0. The molecule has 0 radical (unpaired) electrons. The summed E-state index contributed by atoms with van der Waals surface area (Å²) in [5, 5.41) is 9.03. The van der Waals surface area contributed by atoms with E-state index in [4.69, 9.17) is 9.52 Å². The van der Waals surface area contributed by atoms with E-state index in [2.05, 4.69) is 0 Å².